The molecule has 2 unspecified atom stereocenters. The highest BCUT2D eigenvalue weighted by Gasteiger charge is 2.63. The smallest absolute Gasteiger partial charge is 0.329 e. The van der Waals surface area contributed by atoms with E-state index in [1.54, 1.807) is 5.56 Å². The lowest BCUT2D eigenvalue weighted by molar-refractivity contribution is 0.199. The molecule has 2 aromatic heterocycles. The van der Waals surface area contributed by atoms with Gasteiger partial charge in [-0.3, -0.25) is 0 Å². The third-order valence-corrected chi connectivity index (χ3v) is 20.4. The van der Waals surface area contributed by atoms with Crippen LogP contribution in [0.1, 0.15) is 149 Å². The molecule has 0 N–H and O–H groups in total. The van der Waals surface area contributed by atoms with Crippen LogP contribution >= 0.6 is 11.3 Å². The quantitative estimate of drug-likeness (QED) is 0.161. The highest BCUT2D eigenvalue weighted by molar-refractivity contribution is 7.26. The monoisotopic (exact) mass is 947 g/mol. The van der Waals surface area contributed by atoms with Crippen molar-refractivity contribution in [2.45, 2.75) is 154 Å². The van der Waals surface area contributed by atoms with Gasteiger partial charge in [0.1, 0.15) is 5.58 Å². The Balaban J connectivity index is 1.19. The molecule has 5 aliphatic rings. The zero-order chi connectivity index (χ0) is 49.1. The van der Waals surface area contributed by atoms with Gasteiger partial charge < -0.3 is 14.1 Å². The minimum atomic E-state index is -0.115. The van der Waals surface area contributed by atoms with Gasteiger partial charge in [0.25, 0.3) is 0 Å². The van der Waals surface area contributed by atoms with Crippen LogP contribution < -0.4 is 20.6 Å². The normalized spacial score (nSPS) is 21.7. The van der Waals surface area contributed by atoms with E-state index in [0.29, 0.717) is 0 Å². The Labute approximate surface area is 425 Å². The molecule has 0 saturated heterocycles. The Morgan fingerprint density at radius 2 is 1.25 bits per heavy atom. The van der Waals surface area contributed by atoms with E-state index in [1.165, 1.54) is 135 Å². The fraction of sp³-hybridized carbons (Fsp3) is 0.364. The minimum Gasteiger partial charge on any atom is -0.454 e. The molecule has 0 radical (unpaired) electrons. The fourth-order valence-electron chi connectivity index (χ4n) is 14.7. The topological polar surface area (TPSA) is 19.6 Å². The molecule has 356 valence electrons. The van der Waals surface area contributed by atoms with Gasteiger partial charge in [0.05, 0.1) is 11.4 Å². The van der Waals surface area contributed by atoms with Crippen molar-refractivity contribution in [3.63, 3.8) is 0 Å². The molecular weight excluding hydrogens is 880 g/mol. The summed E-state index contributed by atoms with van der Waals surface area (Å²) in [5.74, 6) is 0. The van der Waals surface area contributed by atoms with Crippen LogP contribution in [0.15, 0.2) is 120 Å². The van der Waals surface area contributed by atoms with Crippen molar-refractivity contribution in [3.05, 3.63) is 143 Å². The Kier molecular flexibility index (Phi) is 8.69. The molecule has 1 saturated carbocycles. The van der Waals surface area contributed by atoms with Gasteiger partial charge in [0, 0.05) is 70.0 Å². The molecular formula is C66H67BN2OS. The third-order valence-electron chi connectivity index (χ3n) is 19.2. The van der Waals surface area contributed by atoms with E-state index in [2.05, 4.69) is 208 Å². The number of thiophene rings is 1. The molecule has 14 rings (SSSR count). The summed E-state index contributed by atoms with van der Waals surface area (Å²) in [6.07, 6.45) is 7.17. The van der Waals surface area contributed by atoms with Crippen molar-refractivity contribution >= 4 is 94.0 Å². The van der Waals surface area contributed by atoms with E-state index in [9.17, 15) is 0 Å². The second kappa shape index (κ2) is 14.0. The number of hydrogen-bond donors (Lipinski definition) is 0. The molecule has 5 heterocycles. The number of anilines is 4. The lowest BCUT2D eigenvalue weighted by Gasteiger charge is -2.55. The van der Waals surface area contributed by atoms with Gasteiger partial charge in [-0.05, 0) is 141 Å². The standard InChI is InChI=1S/C66H67BN2OS/c1-61(2,3)39-24-27-51(43(32-39)38-20-14-13-15-21-38)68-52-36-45-41-22-16-17-23-54(41)71-60(45)55-46-33-40(62(4,5)6)34-49-57(46)69(66(12)29-19-18-28-65(49,66)11)67(56(52)55)50-26-25-42-44-35-47-48(37-53(44)70-59(42)58(50)68)64(9,10)31-30-63(47,7)8/h13-17,20-27,32-37H,18-19,28-31H2,1-12H3. The van der Waals surface area contributed by atoms with Crippen molar-refractivity contribution in [2.75, 3.05) is 9.71 Å². The Morgan fingerprint density at radius 3 is 2.00 bits per heavy atom. The number of benzene rings is 7. The van der Waals surface area contributed by atoms with Crippen LogP contribution in [0.25, 0.3) is 64.4 Å². The Hall–Kier alpha value is -5.78. The van der Waals surface area contributed by atoms with E-state index in [0.717, 1.165) is 24.0 Å². The summed E-state index contributed by atoms with van der Waals surface area (Å²) < 4.78 is 10.4. The van der Waals surface area contributed by atoms with Crippen molar-refractivity contribution in [3.8, 4) is 22.3 Å². The van der Waals surface area contributed by atoms with Gasteiger partial charge in [-0.2, -0.15) is 0 Å². The average molecular weight is 947 g/mol. The molecule has 7 aromatic carbocycles. The molecule has 1 fully saturated rings. The molecule has 2 atom stereocenters. The van der Waals surface area contributed by atoms with Crippen LogP contribution in [-0.4, -0.2) is 12.4 Å². The van der Waals surface area contributed by atoms with Gasteiger partial charge in [0.2, 0.25) is 0 Å². The van der Waals surface area contributed by atoms with Crippen molar-refractivity contribution in [1.29, 1.82) is 0 Å². The first-order chi connectivity index (χ1) is 33.7. The van der Waals surface area contributed by atoms with Gasteiger partial charge in [-0.25, -0.2) is 0 Å². The number of fused-ring (bicyclic) bond motifs is 16. The van der Waals surface area contributed by atoms with Crippen LogP contribution in [0.2, 0.25) is 0 Å². The van der Waals surface area contributed by atoms with Crippen molar-refractivity contribution < 1.29 is 4.42 Å². The van der Waals surface area contributed by atoms with Gasteiger partial charge in [-0.15, -0.1) is 11.3 Å². The molecule has 0 bridgehead atoms. The fourth-order valence-corrected chi connectivity index (χ4v) is 15.9. The number of nitrogens with zero attached hydrogens (tertiary/aromatic N) is 2. The maximum absolute atomic E-state index is 7.65. The summed E-state index contributed by atoms with van der Waals surface area (Å²) >= 11 is 1.99. The Morgan fingerprint density at radius 1 is 0.563 bits per heavy atom. The van der Waals surface area contributed by atoms with Crippen molar-refractivity contribution in [2.24, 2.45) is 0 Å². The molecule has 2 aliphatic carbocycles. The predicted molar refractivity (Wildman–Crippen MR) is 307 cm³/mol. The average Bonchev–Trinajstić information content (AvgIpc) is 3.97. The van der Waals surface area contributed by atoms with Crippen LogP contribution in [0, 0.1) is 0 Å². The summed E-state index contributed by atoms with van der Waals surface area (Å²) in [6.45, 7) is 29.3. The highest BCUT2D eigenvalue weighted by atomic mass is 32.1. The molecule has 71 heavy (non-hydrogen) atoms. The summed E-state index contributed by atoms with van der Waals surface area (Å²) in [7, 11) is 0. The van der Waals surface area contributed by atoms with Gasteiger partial charge in [-0.1, -0.05) is 162 Å². The summed E-state index contributed by atoms with van der Waals surface area (Å²) in [5.41, 5.74) is 22.3. The molecule has 5 heteroatoms. The maximum Gasteiger partial charge on any atom is 0.329 e. The van der Waals surface area contributed by atoms with Crippen molar-refractivity contribution in [1.82, 2.24) is 0 Å². The zero-order valence-corrected chi connectivity index (χ0v) is 44.8. The summed E-state index contributed by atoms with van der Waals surface area (Å²) in [5, 5.41) is 5.09. The van der Waals surface area contributed by atoms with Gasteiger partial charge >= 0.3 is 6.85 Å². The SMILES string of the molecule is CC(C)(C)c1ccc(N2c3cc4c(sc5ccccc54)c4c3B(c3ccc5c(oc6cc7c(cc65)C(C)(C)CCC7(C)C)c32)N2c3c-4cc(C(C)(C)C)cc3C3(C)CCCCC23C)c(-c2ccccc2)c1. The summed E-state index contributed by atoms with van der Waals surface area (Å²) in [4.78, 5) is 5.70. The van der Waals surface area contributed by atoms with Crippen LogP contribution in [0.3, 0.4) is 0 Å². The van der Waals surface area contributed by atoms with Crippen LogP contribution in [0.4, 0.5) is 22.7 Å². The third kappa shape index (κ3) is 5.74. The molecule has 3 aliphatic heterocycles. The highest BCUT2D eigenvalue weighted by Crippen LogP contribution is 2.65. The summed E-state index contributed by atoms with van der Waals surface area (Å²) in [6, 6.07) is 45.5. The van der Waals surface area contributed by atoms with Crippen LogP contribution in [0.5, 0.6) is 0 Å². The Bertz CT molecular complexity index is 3800. The lowest BCUT2D eigenvalue weighted by atomic mass is 9.42. The van der Waals surface area contributed by atoms with E-state index in [1.807, 2.05) is 11.3 Å². The van der Waals surface area contributed by atoms with Gasteiger partial charge in [0.15, 0.2) is 5.58 Å². The lowest BCUT2D eigenvalue weighted by Crippen LogP contribution is -2.70. The minimum absolute atomic E-state index is 0.0270. The first-order valence-corrected chi connectivity index (χ1v) is 27.5. The number of hydrogen-bond acceptors (Lipinski definition) is 4. The molecule has 3 nitrogen and oxygen atoms in total. The maximum atomic E-state index is 7.65. The number of furan rings is 1. The van der Waals surface area contributed by atoms with E-state index in [-0.39, 0.29) is 39.5 Å². The molecule has 9 aromatic rings. The zero-order valence-electron chi connectivity index (χ0n) is 44.0. The van der Waals surface area contributed by atoms with E-state index in [4.69, 9.17) is 4.42 Å². The first kappa shape index (κ1) is 44.0. The predicted octanol–water partition coefficient (Wildman–Crippen LogP) is 17.5. The van der Waals surface area contributed by atoms with E-state index >= 15 is 0 Å². The molecule has 0 spiro atoms. The second-order valence-corrected chi connectivity index (χ2v) is 27.3. The second-order valence-electron chi connectivity index (χ2n) is 26.2. The number of rotatable bonds is 2. The first-order valence-electron chi connectivity index (χ1n) is 26.7. The van der Waals surface area contributed by atoms with E-state index < -0.39 is 0 Å². The molecule has 0 amide bonds. The largest absolute Gasteiger partial charge is 0.454 e. The van der Waals surface area contributed by atoms with Crippen LogP contribution in [-0.2, 0) is 27.1 Å².